The van der Waals surface area contributed by atoms with Crippen LogP contribution in [0.4, 0.5) is 4.79 Å². The third-order valence-electron chi connectivity index (χ3n) is 3.34. The number of methoxy groups -OCH3 is 1. The lowest BCUT2D eigenvalue weighted by Gasteiger charge is -2.19. The van der Waals surface area contributed by atoms with Crippen LogP contribution in [0.2, 0.25) is 0 Å². The third-order valence-corrected chi connectivity index (χ3v) is 3.34. The van der Waals surface area contributed by atoms with Crippen LogP contribution in [0, 0.1) is 0 Å². The van der Waals surface area contributed by atoms with Crippen LogP contribution >= 0.6 is 0 Å². The zero-order chi connectivity index (χ0) is 16.8. The van der Waals surface area contributed by atoms with E-state index in [0.717, 1.165) is 0 Å². The van der Waals surface area contributed by atoms with Gasteiger partial charge in [-0.1, -0.05) is 0 Å². The lowest BCUT2D eigenvalue weighted by Crippen LogP contribution is -2.33. The van der Waals surface area contributed by atoms with Gasteiger partial charge in [0, 0.05) is 19.2 Å². The molecule has 0 bridgehead atoms. The minimum absolute atomic E-state index is 0.0713. The molecular weight excluding hydrogens is 302 g/mol. The molecule has 7 nitrogen and oxygen atoms in total. The molecule has 0 atom stereocenters. The molecule has 1 heterocycles. The van der Waals surface area contributed by atoms with Gasteiger partial charge in [-0.05, 0) is 32.1 Å². The van der Waals surface area contributed by atoms with Crippen molar-refractivity contribution in [2.75, 3.05) is 27.0 Å². The van der Waals surface area contributed by atoms with E-state index in [0.29, 0.717) is 30.2 Å². The van der Waals surface area contributed by atoms with Crippen molar-refractivity contribution < 1.29 is 28.5 Å². The van der Waals surface area contributed by atoms with Crippen molar-refractivity contribution in [3.05, 3.63) is 23.8 Å². The van der Waals surface area contributed by atoms with Gasteiger partial charge in [-0.25, -0.2) is 9.59 Å². The maximum absolute atomic E-state index is 12.1. The van der Waals surface area contributed by atoms with Crippen LogP contribution in [-0.2, 0) is 9.53 Å². The average molecular weight is 321 g/mol. The highest BCUT2D eigenvalue weighted by molar-refractivity contribution is 5.89. The zero-order valence-electron chi connectivity index (χ0n) is 13.3. The van der Waals surface area contributed by atoms with E-state index in [4.69, 9.17) is 14.2 Å². The van der Waals surface area contributed by atoms with Gasteiger partial charge in [0.1, 0.15) is 5.75 Å². The summed E-state index contributed by atoms with van der Waals surface area (Å²) < 4.78 is 20.7. The summed E-state index contributed by atoms with van der Waals surface area (Å²) >= 11 is 0. The number of benzene rings is 1. The molecule has 1 aliphatic heterocycles. The fraction of sp³-hybridized carbons (Fsp3) is 0.375. The van der Waals surface area contributed by atoms with Crippen molar-refractivity contribution in [3.8, 4) is 17.2 Å². The highest BCUT2D eigenvalue weighted by atomic mass is 16.7. The SMILES string of the molecule is CCN(CC)C(=O)Oc1ccc2c(c1/C=C/C(=O)OC)OCO2. The number of hydrogen-bond donors (Lipinski definition) is 0. The van der Waals surface area contributed by atoms with Crippen LogP contribution in [0.5, 0.6) is 17.2 Å². The molecule has 23 heavy (non-hydrogen) atoms. The second-order valence-corrected chi connectivity index (χ2v) is 4.61. The minimum Gasteiger partial charge on any atom is -0.466 e. The molecule has 0 aliphatic carbocycles. The van der Waals surface area contributed by atoms with Gasteiger partial charge in [-0.3, -0.25) is 0 Å². The van der Waals surface area contributed by atoms with E-state index >= 15 is 0 Å². The quantitative estimate of drug-likeness (QED) is 0.612. The second-order valence-electron chi connectivity index (χ2n) is 4.61. The summed E-state index contributed by atoms with van der Waals surface area (Å²) in [7, 11) is 1.28. The van der Waals surface area contributed by atoms with Gasteiger partial charge in [0.05, 0.1) is 12.7 Å². The molecule has 0 saturated heterocycles. The zero-order valence-corrected chi connectivity index (χ0v) is 13.3. The number of nitrogens with zero attached hydrogens (tertiary/aromatic N) is 1. The van der Waals surface area contributed by atoms with Crippen molar-refractivity contribution in [3.63, 3.8) is 0 Å². The van der Waals surface area contributed by atoms with Crippen LogP contribution in [0.3, 0.4) is 0 Å². The number of rotatable bonds is 5. The number of ether oxygens (including phenoxy) is 4. The van der Waals surface area contributed by atoms with E-state index < -0.39 is 12.1 Å². The maximum atomic E-state index is 12.1. The molecule has 0 radical (unpaired) electrons. The molecule has 1 aromatic carbocycles. The van der Waals surface area contributed by atoms with E-state index in [1.54, 1.807) is 17.0 Å². The van der Waals surface area contributed by atoms with Gasteiger partial charge in [0.25, 0.3) is 0 Å². The summed E-state index contributed by atoms with van der Waals surface area (Å²) in [6, 6.07) is 3.26. The lowest BCUT2D eigenvalue weighted by atomic mass is 10.1. The van der Waals surface area contributed by atoms with Gasteiger partial charge in [-0.15, -0.1) is 0 Å². The number of amides is 1. The van der Waals surface area contributed by atoms with E-state index in [-0.39, 0.29) is 12.5 Å². The topological polar surface area (TPSA) is 74.3 Å². The normalized spacial score (nSPS) is 12.3. The van der Waals surface area contributed by atoms with Gasteiger partial charge < -0.3 is 23.8 Å². The number of fused-ring (bicyclic) bond motifs is 1. The number of carbonyl (C=O) groups is 2. The molecule has 0 unspecified atom stereocenters. The average Bonchev–Trinajstić information content (AvgIpc) is 3.03. The van der Waals surface area contributed by atoms with Crippen LogP contribution in [0.1, 0.15) is 19.4 Å². The molecule has 0 spiro atoms. The van der Waals surface area contributed by atoms with E-state index in [1.165, 1.54) is 19.3 Å². The molecule has 0 fully saturated rings. The van der Waals surface area contributed by atoms with E-state index in [1.807, 2.05) is 13.8 Å². The molecule has 1 aromatic rings. The Balaban J connectivity index is 2.33. The van der Waals surface area contributed by atoms with Gasteiger partial charge in [0.2, 0.25) is 6.79 Å². The van der Waals surface area contributed by atoms with Crippen molar-refractivity contribution >= 4 is 18.1 Å². The number of hydrogen-bond acceptors (Lipinski definition) is 6. The molecule has 2 rings (SSSR count). The Bertz CT molecular complexity index is 621. The highest BCUT2D eigenvalue weighted by Gasteiger charge is 2.23. The van der Waals surface area contributed by atoms with Crippen LogP contribution in [0.25, 0.3) is 6.08 Å². The Morgan fingerprint density at radius 3 is 2.65 bits per heavy atom. The van der Waals surface area contributed by atoms with E-state index in [2.05, 4.69) is 4.74 Å². The van der Waals surface area contributed by atoms with Crippen molar-refractivity contribution in [2.24, 2.45) is 0 Å². The Morgan fingerprint density at radius 2 is 2.00 bits per heavy atom. The molecule has 1 amide bonds. The molecule has 0 N–H and O–H groups in total. The minimum atomic E-state index is -0.525. The Labute approximate surface area is 134 Å². The fourth-order valence-corrected chi connectivity index (χ4v) is 2.08. The first-order chi connectivity index (χ1) is 11.1. The van der Waals surface area contributed by atoms with E-state index in [9.17, 15) is 9.59 Å². The first kappa shape index (κ1) is 16.7. The van der Waals surface area contributed by atoms with Crippen LogP contribution in [-0.4, -0.2) is 44.0 Å². The van der Waals surface area contributed by atoms with Gasteiger partial charge >= 0.3 is 12.1 Å². The first-order valence-electron chi connectivity index (χ1n) is 7.26. The molecule has 7 heteroatoms. The van der Waals surface area contributed by atoms with Crippen molar-refractivity contribution in [1.29, 1.82) is 0 Å². The molecule has 0 saturated carbocycles. The van der Waals surface area contributed by atoms with Crippen molar-refractivity contribution in [1.82, 2.24) is 4.90 Å². The van der Waals surface area contributed by atoms with Crippen LogP contribution in [0.15, 0.2) is 18.2 Å². The summed E-state index contributed by atoms with van der Waals surface area (Å²) in [5, 5.41) is 0. The standard InChI is InChI=1S/C16H19NO6/c1-4-17(5-2)16(19)23-12-7-8-13-15(22-10-21-13)11(12)6-9-14(18)20-3/h6-9H,4-5,10H2,1-3H3/b9-6+. The summed E-state index contributed by atoms with van der Waals surface area (Å²) in [4.78, 5) is 25.0. The first-order valence-corrected chi connectivity index (χ1v) is 7.26. The third kappa shape index (κ3) is 3.74. The smallest absolute Gasteiger partial charge is 0.415 e. The molecule has 0 aromatic heterocycles. The summed E-state index contributed by atoms with van der Waals surface area (Å²) in [6.07, 6.45) is 2.23. The maximum Gasteiger partial charge on any atom is 0.415 e. The Morgan fingerprint density at radius 1 is 1.26 bits per heavy atom. The fourth-order valence-electron chi connectivity index (χ4n) is 2.08. The number of esters is 1. The monoisotopic (exact) mass is 321 g/mol. The van der Waals surface area contributed by atoms with Crippen LogP contribution < -0.4 is 14.2 Å². The second kappa shape index (κ2) is 7.53. The predicted molar refractivity (Wildman–Crippen MR) is 82.6 cm³/mol. The molecule has 124 valence electrons. The van der Waals surface area contributed by atoms with Gasteiger partial charge in [-0.2, -0.15) is 0 Å². The molecular formula is C16H19NO6. The summed E-state index contributed by atoms with van der Waals surface area (Å²) in [5.74, 6) is 0.709. The molecule has 1 aliphatic rings. The Hall–Kier alpha value is -2.70. The van der Waals surface area contributed by atoms with Gasteiger partial charge in [0.15, 0.2) is 11.5 Å². The van der Waals surface area contributed by atoms with Crippen molar-refractivity contribution in [2.45, 2.75) is 13.8 Å². The highest BCUT2D eigenvalue weighted by Crippen LogP contribution is 2.41. The summed E-state index contributed by atoms with van der Waals surface area (Å²) in [6.45, 7) is 4.87. The Kier molecular flexibility index (Phi) is 5.46. The summed E-state index contributed by atoms with van der Waals surface area (Å²) in [5.41, 5.74) is 0.450. The predicted octanol–water partition coefficient (Wildman–Crippen LogP) is 2.44. The largest absolute Gasteiger partial charge is 0.466 e. The lowest BCUT2D eigenvalue weighted by molar-refractivity contribution is -0.134. The number of carbonyl (C=O) groups excluding carboxylic acids is 2.